The Labute approximate surface area is 226 Å². The van der Waals surface area contributed by atoms with Crippen molar-refractivity contribution in [2.75, 3.05) is 61.9 Å². The second-order valence-electron chi connectivity index (χ2n) is 9.59. The van der Waals surface area contributed by atoms with Crippen LogP contribution in [0.5, 0.6) is 0 Å². The zero-order valence-electron chi connectivity index (χ0n) is 22.3. The van der Waals surface area contributed by atoms with Crippen LogP contribution < -0.4 is 20.4 Å². The Morgan fingerprint density at radius 1 is 1.13 bits per heavy atom. The molecule has 13 heteroatoms. The number of carbonyl (C=O) groups excluding carboxylic acids is 2. The van der Waals surface area contributed by atoms with Gasteiger partial charge in [0.25, 0.3) is 5.91 Å². The first-order chi connectivity index (χ1) is 18.9. The van der Waals surface area contributed by atoms with Crippen LogP contribution in [0.25, 0.3) is 0 Å². The first-order valence-corrected chi connectivity index (χ1v) is 13.0. The van der Waals surface area contributed by atoms with Crippen molar-refractivity contribution in [2.24, 2.45) is 4.99 Å². The number of amides is 3. The molecule has 3 heterocycles. The molecule has 2 aromatic carbocycles. The number of fused-ring (bicyclic) bond motifs is 1. The third-order valence-corrected chi connectivity index (χ3v) is 6.85. The van der Waals surface area contributed by atoms with Crippen LogP contribution in [-0.2, 0) is 4.79 Å². The molecule has 1 saturated heterocycles. The van der Waals surface area contributed by atoms with Gasteiger partial charge in [0, 0.05) is 56.7 Å². The van der Waals surface area contributed by atoms with Crippen LogP contribution in [0.4, 0.5) is 27.8 Å². The molecular weight excluding hydrogens is 498 g/mol. The number of tetrazole rings is 1. The number of aromatic amines is 1. The number of amidine groups is 1. The summed E-state index contributed by atoms with van der Waals surface area (Å²) in [5.41, 5.74) is 3.01. The van der Waals surface area contributed by atoms with E-state index in [1.165, 1.54) is 0 Å². The molecule has 3 aromatic rings. The van der Waals surface area contributed by atoms with Gasteiger partial charge in [-0.2, -0.15) is 0 Å². The van der Waals surface area contributed by atoms with Crippen LogP contribution in [0.3, 0.4) is 0 Å². The maximum absolute atomic E-state index is 13.8. The third kappa shape index (κ3) is 5.67. The fraction of sp³-hybridized carbons (Fsp3) is 0.385. The average Bonchev–Trinajstić information content (AvgIpc) is 3.46. The Kier molecular flexibility index (Phi) is 7.68. The van der Waals surface area contributed by atoms with E-state index in [0.717, 1.165) is 55.4 Å². The maximum Gasteiger partial charge on any atom is 0.321 e. The van der Waals surface area contributed by atoms with Crippen LogP contribution in [0, 0.1) is 0 Å². The van der Waals surface area contributed by atoms with Crippen molar-refractivity contribution < 1.29 is 9.59 Å². The molecule has 0 aliphatic carbocycles. The topological polar surface area (TPSA) is 138 Å². The van der Waals surface area contributed by atoms with Gasteiger partial charge in [-0.25, -0.2) is 14.9 Å². The van der Waals surface area contributed by atoms with Gasteiger partial charge in [0.2, 0.25) is 12.1 Å². The molecule has 5 rings (SSSR count). The average molecular weight is 532 g/mol. The SMILES string of the molecule is CCCN1C(=O)C(NC(=O)Nc2cccc(N(C)c3nnn[nH]3)c2)N=C(N2CCN(C)CC2)c2ccccc21. The molecule has 204 valence electrons. The minimum atomic E-state index is -1.08. The molecule has 39 heavy (non-hydrogen) atoms. The molecule has 1 fully saturated rings. The Morgan fingerprint density at radius 3 is 2.67 bits per heavy atom. The molecule has 1 aromatic heterocycles. The van der Waals surface area contributed by atoms with Crippen molar-refractivity contribution >= 4 is 40.8 Å². The zero-order chi connectivity index (χ0) is 27.4. The number of piperazine rings is 1. The molecule has 3 N–H and O–H groups in total. The molecule has 1 atom stereocenters. The molecule has 0 bridgehead atoms. The number of benzene rings is 2. The van der Waals surface area contributed by atoms with Crippen LogP contribution in [0.15, 0.2) is 53.5 Å². The molecular formula is C26H33N11O2. The van der Waals surface area contributed by atoms with E-state index in [1.54, 1.807) is 29.0 Å². The smallest absolute Gasteiger partial charge is 0.321 e. The fourth-order valence-electron chi connectivity index (χ4n) is 4.73. The fourth-order valence-corrected chi connectivity index (χ4v) is 4.73. The number of aliphatic imine (C=N–C) groups is 1. The van der Waals surface area contributed by atoms with Gasteiger partial charge in [-0.05, 0) is 54.2 Å². The number of rotatable bonds is 6. The molecule has 0 radical (unpaired) electrons. The first-order valence-electron chi connectivity index (χ1n) is 13.0. The Bertz CT molecular complexity index is 1340. The summed E-state index contributed by atoms with van der Waals surface area (Å²) in [5.74, 6) is 0.914. The van der Waals surface area contributed by atoms with Crippen LogP contribution in [0.2, 0.25) is 0 Å². The van der Waals surface area contributed by atoms with Crippen LogP contribution in [-0.4, -0.2) is 101 Å². The number of aromatic nitrogens is 4. The molecule has 13 nitrogen and oxygen atoms in total. The summed E-state index contributed by atoms with van der Waals surface area (Å²) in [6.07, 6.45) is -0.311. The number of H-pyrrole nitrogens is 1. The number of nitrogens with one attached hydrogen (secondary N) is 3. The van der Waals surface area contributed by atoms with Crippen LogP contribution in [0.1, 0.15) is 18.9 Å². The maximum atomic E-state index is 13.8. The van der Waals surface area contributed by atoms with Gasteiger partial charge in [0.15, 0.2) is 0 Å². The normalized spacial score (nSPS) is 17.8. The van der Waals surface area contributed by atoms with Crippen LogP contribution >= 0.6 is 0 Å². The monoisotopic (exact) mass is 531 g/mol. The standard InChI is InChI=1S/C26H33N11O2/c1-4-12-37-21-11-6-5-10-20(21)23(36-15-13-34(2)14-16-36)28-22(24(37)38)29-26(39)27-18-8-7-9-19(17-18)35(3)25-30-32-33-31-25/h5-11,17,22H,4,12-16H2,1-3H3,(H2,27,29,39)(H,30,31,32,33). The molecule has 3 amide bonds. The summed E-state index contributed by atoms with van der Waals surface area (Å²) in [7, 11) is 3.90. The van der Waals surface area contributed by atoms with Gasteiger partial charge < -0.3 is 30.2 Å². The van der Waals surface area contributed by atoms with Gasteiger partial charge in [-0.3, -0.25) is 4.79 Å². The number of likely N-dealkylation sites (N-methyl/N-ethyl adjacent to an activating group) is 1. The van der Waals surface area contributed by atoms with Crippen molar-refractivity contribution in [3.63, 3.8) is 0 Å². The number of hydrogen-bond acceptors (Lipinski definition) is 9. The number of carbonyl (C=O) groups is 2. The van der Waals surface area contributed by atoms with Crippen molar-refractivity contribution in [1.82, 2.24) is 35.7 Å². The minimum absolute atomic E-state index is 0.269. The van der Waals surface area contributed by atoms with E-state index >= 15 is 0 Å². The van der Waals surface area contributed by atoms with Crippen molar-refractivity contribution in [3.05, 3.63) is 54.1 Å². The van der Waals surface area contributed by atoms with Crippen molar-refractivity contribution in [3.8, 4) is 0 Å². The lowest BCUT2D eigenvalue weighted by atomic mass is 10.1. The minimum Gasteiger partial charge on any atom is -0.354 e. The lowest BCUT2D eigenvalue weighted by Crippen LogP contribution is -2.50. The Morgan fingerprint density at radius 2 is 1.92 bits per heavy atom. The summed E-state index contributed by atoms with van der Waals surface area (Å²) in [5, 5.41) is 19.5. The highest BCUT2D eigenvalue weighted by molar-refractivity contribution is 6.12. The van der Waals surface area contributed by atoms with E-state index in [2.05, 4.69) is 48.1 Å². The second-order valence-corrected chi connectivity index (χ2v) is 9.59. The van der Waals surface area contributed by atoms with Crippen molar-refractivity contribution in [2.45, 2.75) is 19.5 Å². The predicted molar refractivity (Wildman–Crippen MR) is 149 cm³/mol. The summed E-state index contributed by atoms with van der Waals surface area (Å²) in [6, 6.07) is 14.5. The largest absolute Gasteiger partial charge is 0.354 e. The predicted octanol–water partition coefficient (Wildman–Crippen LogP) is 1.87. The lowest BCUT2D eigenvalue weighted by Gasteiger charge is -2.35. The summed E-state index contributed by atoms with van der Waals surface area (Å²) in [6.45, 7) is 5.89. The number of urea groups is 1. The molecule has 0 saturated carbocycles. The number of para-hydroxylation sites is 1. The highest BCUT2D eigenvalue weighted by Gasteiger charge is 2.34. The number of nitrogens with zero attached hydrogens (tertiary/aromatic N) is 8. The Hall–Kier alpha value is -4.52. The number of hydrogen-bond donors (Lipinski definition) is 3. The highest BCUT2D eigenvalue weighted by Crippen LogP contribution is 2.28. The Balaban J connectivity index is 1.40. The number of anilines is 4. The second kappa shape index (κ2) is 11.5. The number of benzodiazepines with no additional fused rings is 1. The summed E-state index contributed by atoms with van der Waals surface area (Å²) < 4.78 is 0. The highest BCUT2D eigenvalue weighted by atomic mass is 16.2. The van der Waals surface area contributed by atoms with E-state index in [1.807, 2.05) is 43.3 Å². The first kappa shape index (κ1) is 26.1. The van der Waals surface area contributed by atoms with Gasteiger partial charge in [0.05, 0.1) is 5.69 Å². The van der Waals surface area contributed by atoms with E-state index in [9.17, 15) is 9.59 Å². The zero-order valence-corrected chi connectivity index (χ0v) is 22.3. The molecule has 1 unspecified atom stereocenters. The van der Waals surface area contributed by atoms with Gasteiger partial charge in [-0.1, -0.05) is 30.2 Å². The van der Waals surface area contributed by atoms with Gasteiger partial charge in [-0.15, -0.1) is 0 Å². The van der Waals surface area contributed by atoms with Crippen molar-refractivity contribution in [1.29, 1.82) is 0 Å². The summed E-state index contributed by atoms with van der Waals surface area (Å²) >= 11 is 0. The quantitative estimate of drug-likeness (QED) is 0.438. The summed E-state index contributed by atoms with van der Waals surface area (Å²) in [4.78, 5) is 39.8. The molecule has 0 spiro atoms. The van der Waals surface area contributed by atoms with E-state index in [0.29, 0.717) is 18.2 Å². The van der Waals surface area contributed by atoms with E-state index in [-0.39, 0.29) is 5.91 Å². The van der Waals surface area contributed by atoms with Gasteiger partial charge in [0.1, 0.15) is 5.84 Å². The lowest BCUT2D eigenvalue weighted by molar-refractivity contribution is -0.120. The van der Waals surface area contributed by atoms with Gasteiger partial charge >= 0.3 is 6.03 Å². The molecule has 2 aliphatic heterocycles. The van der Waals surface area contributed by atoms with E-state index < -0.39 is 12.2 Å². The third-order valence-electron chi connectivity index (χ3n) is 6.85. The van der Waals surface area contributed by atoms with E-state index in [4.69, 9.17) is 4.99 Å². The molecule has 2 aliphatic rings.